The molecule has 110 valence electrons. The van der Waals surface area contributed by atoms with Crippen LogP contribution in [-0.4, -0.2) is 50.4 Å². The molecule has 0 saturated carbocycles. The van der Waals surface area contributed by atoms with Crippen LogP contribution in [0, 0.1) is 5.92 Å². The van der Waals surface area contributed by atoms with Crippen molar-refractivity contribution in [3.63, 3.8) is 0 Å². The minimum absolute atomic E-state index is 0.0417. The van der Waals surface area contributed by atoms with Crippen LogP contribution in [-0.2, 0) is 14.8 Å². The molecule has 2 rings (SSSR count). The Hall–Kier alpha value is -1.67. The lowest BCUT2D eigenvalue weighted by Gasteiger charge is -2.28. The van der Waals surface area contributed by atoms with Crippen molar-refractivity contribution < 1.29 is 13.2 Å². The van der Waals surface area contributed by atoms with Crippen LogP contribution in [0.2, 0.25) is 0 Å². The van der Waals surface area contributed by atoms with Crippen molar-refractivity contribution in [3.05, 3.63) is 23.9 Å². The molecule has 0 fully saturated rings. The van der Waals surface area contributed by atoms with Gasteiger partial charge in [-0.2, -0.15) is 0 Å². The van der Waals surface area contributed by atoms with E-state index in [0.29, 0.717) is 19.6 Å². The van der Waals surface area contributed by atoms with Gasteiger partial charge in [0.05, 0.1) is 11.3 Å². The monoisotopic (exact) mass is 298 g/mol. The molecule has 1 amide bonds. The van der Waals surface area contributed by atoms with Gasteiger partial charge in [-0.3, -0.25) is 4.79 Å². The van der Waals surface area contributed by atoms with E-state index in [-0.39, 0.29) is 29.0 Å². The summed E-state index contributed by atoms with van der Waals surface area (Å²) in [6.45, 7) is 3.14. The minimum Gasteiger partial charge on any atom is -0.352 e. The average Bonchev–Trinajstić information content (AvgIpc) is 2.42. The second kappa shape index (κ2) is 5.76. The van der Waals surface area contributed by atoms with Gasteiger partial charge in [-0.1, -0.05) is 6.92 Å². The van der Waals surface area contributed by atoms with Crippen LogP contribution in [0.3, 0.4) is 0 Å². The molecule has 2 aliphatic heterocycles. The minimum atomic E-state index is -3.48. The molecular weight excluding hydrogens is 280 g/mol. The zero-order chi connectivity index (χ0) is 14.8. The van der Waals surface area contributed by atoms with Crippen LogP contribution in [0.4, 0.5) is 0 Å². The second-order valence-corrected chi connectivity index (χ2v) is 6.62. The molecule has 1 unspecified atom stereocenters. The van der Waals surface area contributed by atoms with E-state index in [1.807, 2.05) is 6.92 Å². The van der Waals surface area contributed by atoms with Gasteiger partial charge >= 0.3 is 0 Å². The molecule has 0 aromatic carbocycles. The summed E-state index contributed by atoms with van der Waals surface area (Å²) in [5, 5.41) is 2.74. The van der Waals surface area contributed by atoms with E-state index in [4.69, 9.17) is 5.73 Å². The molecule has 0 radical (unpaired) electrons. The van der Waals surface area contributed by atoms with Crippen molar-refractivity contribution in [2.45, 2.75) is 6.92 Å². The highest BCUT2D eigenvalue weighted by Gasteiger charge is 2.29. The Kier molecular flexibility index (Phi) is 4.24. The molecule has 0 aliphatic carbocycles. The van der Waals surface area contributed by atoms with Gasteiger partial charge in [0, 0.05) is 19.3 Å². The number of carbonyl (C=O) groups excluding carboxylic acids is 1. The zero-order valence-corrected chi connectivity index (χ0v) is 12.1. The van der Waals surface area contributed by atoms with Gasteiger partial charge in [0.2, 0.25) is 0 Å². The summed E-state index contributed by atoms with van der Waals surface area (Å²) in [5.74, 6) is -0.0288. The van der Waals surface area contributed by atoms with E-state index in [9.17, 15) is 13.2 Å². The third kappa shape index (κ3) is 3.26. The zero-order valence-electron chi connectivity index (χ0n) is 11.2. The lowest BCUT2D eigenvalue weighted by Crippen LogP contribution is -2.43. The molecule has 1 atom stereocenters. The van der Waals surface area contributed by atoms with Gasteiger partial charge in [0.15, 0.2) is 5.84 Å². The molecule has 8 heteroatoms. The van der Waals surface area contributed by atoms with Gasteiger partial charge in [0.1, 0.15) is 0 Å². The average molecular weight is 298 g/mol. The standard InChI is InChI=1S/C12H18N4O3S/c1-9(7-13)8-14-12(17)10-3-2-4-16-5-6-20(18,19)15-11(10)16/h2-4,9H,5-8,13H2,1H3,(H,14,17). The van der Waals surface area contributed by atoms with Crippen LogP contribution in [0.25, 0.3) is 0 Å². The van der Waals surface area contributed by atoms with E-state index in [0.717, 1.165) is 0 Å². The molecule has 0 spiro atoms. The highest BCUT2D eigenvalue weighted by Crippen LogP contribution is 2.17. The predicted molar refractivity (Wildman–Crippen MR) is 76.4 cm³/mol. The van der Waals surface area contributed by atoms with Gasteiger partial charge in [-0.25, -0.2) is 8.42 Å². The van der Waals surface area contributed by atoms with E-state index in [1.54, 1.807) is 23.3 Å². The Morgan fingerprint density at radius 2 is 2.35 bits per heavy atom. The number of amides is 1. The molecule has 2 heterocycles. The van der Waals surface area contributed by atoms with E-state index >= 15 is 0 Å². The number of nitrogens with two attached hydrogens (primary N) is 1. The maximum absolute atomic E-state index is 12.1. The number of fused-ring (bicyclic) bond motifs is 1. The Balaban J connectivity index is 2.18. The van der Waals surface area contributed by atoms with Crippen LogP contribution >= 0.6 is 0 Å². The van der Waals surface area contributed by atoms with Crippen LogP contribution in [0.5, 0.6) is 0 Å². The largest absolute Gasteiger partial charge is 0.352 e. The maximum Gasteiger partial charge on any atom is 0.256 e. The van der Waals surface area contributed by atoms with Gasteiger partial charge in [-0.05, 0) is 24.6 Å². The highest BCUT2D eigenvalue weighted by molar-refractivity contribution is 7.90. The predicted octanol–water partition coefficient (Wildman–Crippen LogP) is -0.805. The van der Waals surface area contributed by atoms with E-state index in [1.165, 1.54) is 0 Å². The Bertz CT molecular complexity index is 592. The van der Waals surface area contributed by atoms with E-state index in [2.05, 4.69) is 9.71 Å². The number of hydrogen-bond donors (Lipinski definition) is 2. The van der Waals surface area contributed by atoms with Crippen LogP contribution in [0.15, 0.2) is 28.3 Å². The van der Waals surface area contributed by atoms with Gasteiger partial charge < -0.3 is 16.0 Å². The number of nitrogens with zero attached hydrogens (tertiary/aromatic N) is 2. The molecule has 2 aliphatic rings. The third-order valence-electron chi connectivity index (χ3n) is 3.12. The summed E-state index contributed by atoms with van der Waals surface area (Å²) in [4.78, 5) is 13.8. The number of hydrogen-bond acceptors (Lipinski definition) is 5. The summed E-state index contributed by atoms with van der Waals surface area (Å²) >= 11 is 0. The first kappa shape index (κ1) is 14.7. The molecular formula is C12H18N4O3S. The van der Waals surface area contributed by atoms with Gasteiger partial charge in [-0.15, -0.1) is 4.40 Å². The summed E-state index contributed by atoms with van der Waals surface area (Å²) in [5.41, 5.74) is 5.75. The number of sulfonamides is 1. The topological polar surface area (TPSA) is 105 Å². The Morgan fingerprint density at radius 1 is 1.60 bits per heavy atom. The summed E-state index contributed by atoms with van der Waals surface area (Å²) in [6, 6.07) is 0. The molecule has 20 heavy (non-hydrogen) atoms. The van der Waals surface area contributed by atoms with Crippen molar-refractivity contribution in [3.8, 4) is 0 Å². The summed E-state index contributed by atoms with van der Waals surface area (Å²) in [7, 11) is -3.48. The third-order valence-corrected chi connectivity index (χ3v) is 4.27. The Labute approximate surface area is 118 Å². The molecule has 0 bridgehead atoms. The lowest BCUT2D eigenvalue weighted by molar-refractivity contribution is -0.117. The molecule has 3 N–H and O–H groups in total. The number of carbonyl (C=O) groups is 1. The fraction of sp³-hybridized carbons (Fsp3) is 0.500. The molecule has 0 saturated heterocycles. The SMILES string of the molecule is CC(CN)CNC(=O)C1=CC=CN2CCS(=O)(=O)N=C12. The first-order chi connectivity index (χ1) is 9.43. The normalized spacial score (nSPS) is 21.6. The van der Waals surface area contributed by atoms with Crippen LogP contribution < -0.4 is 11.1 Å². The van der Waals surface area contributed by atoms with Crippen LogP contribution in [0.1, 0.15) is 6.92 Å². The first-order valence-electron chi connectivity index (χ1n) is 6.39. The number of rotatable bonds is 4. The second-order valence-electron chi connectivity index (χ2n) is 4.87. The number of allylic oxidation sites excluding steroid dienone is 2. The van der Waals surface area contributed by atoms with E-state index < -0.39 is 10.0 Å². The quantitative estimate of drug-likeness (QED) is 0.706. The van der Waals surface area contributed by atoms with Gasteiger partial charge in [0.25, 0.3) is 15.9 Å². The number of amidine groups is 1. The highest BCUT2D eigenvalue weighted by atomic mass is 32.2. The van der Waals surface area contributed by atoms with Crippen molar-refractivity contribution in [2.75, 3.05) is 25.4 Å². The van der Waals surface area contributed by atoms with Crippen molar-refractivity contribution in [1.29, 1.82) is 0 Å². The molecule has 7 nitrogen and oxygen atoms in total. The summed E-state index contributed by atoms with van der Waals surface area (Å²) < 4.78 is 26.8. The fourth-order valence-electron chi connectivity index (χ4n) is 1.84. The van der Waals surface area contributed by atoms with Crippen molar-refractivity contribution >= 4 is 21.8 Å². The number of nitrogens with one attached hydrogen (secondary N) is 1. The fourth-order valence-corrected chi connectivity index (χ4v) is 2.82. The smallest absolute Gasteiger partial charge is 0.256 e. The molecule has 0 aromatic heterocycles. The maximum atomic E-state index is 12.1. The Morgan fingerprint density at radius 3 is 3.05 bits per heavy atom. The van der Waals surface area contributed by atoms with Crippen molar-refractivity contribution in [1.82, 2.24) is 10.2 Å². The summed E-state index contributed by atoms with van der Waals surface area (Å²) in [6.07, 6.45) is 4.99. The van der Waals surface area contributed by atoms with Crippen molar-refractivity contribution in [2.24, 2.45) is 16.0 Å². The first-order valence-corrected chi connectivity index (χ1v) is 8.00. The molecule has 0 aromatic rings. The lowest BCUT2D eigenvalue weighted by atomic mass is 10.1.